The average Bonchev–Trinajstić information content (AvgIpc) is 2.65. The van der Waals surface area contributed by atoms with E-state index in [9.17, 15) is 0 Å². The van der Waals surface area contributed by atoms with Crippen molar-refractivity contribution in [2.24, 2.45) is 0 Å². The van der Waals surface area contributed by atoms with Gasteiger partial charge in [0.15, 0.2) is 0 Å². The second kappa shape index (κ2) is 7.43. The molecule has 80 valence electrons. The van der Waals surface area contributed by atoms with Gasteiger partial charge in [-0.15, -0.1) is 0 Å². The molecule has 1 aromatic heterocycles. The summed E-state index contributed by atoms with van der Waals surface area (Å²) in [5.74, 6) is 5.49. The summed E-state index contributed by atoms with van der Waals surface area (Å²) in [6, 6.07) is 2.02. The molecule has 0 unspecified atom stereocenters. The highest BCUT2D eigenvalue weighted by molar-refractivity contribution is 8.02. The summed E-state index contributed by atoms with van der Waals surface area (Å²) in [5, 5.41) is 0. The van der Waals surface area contributed by atoms with Gasteiger partial charge in [-0.1, -0.05) is 6.92 Å². The van der Waals surface area contributed by atoms with Gasteiger partial charge in [0.25, 0.3) is 0 Å². The Labute approximate surface area is 98.0 Å². The number of rotatable bonds is 7. The number of ether oxygens (including phenoxy) is 1. The van der Waals surface area contributed by atoms with Crippen LogP contribution in [0, 0.1) is 0 Å². The lowest BCUT2D eigenvalue weighted by molar-refractivity contribution is 0.402. The van der Waals surface area contributed by atoms with Crippen molar-refractivity contribution in [3.8, 4) is 5.88 Å². The molecule has 0 N–H and O–H groups in total. The van der Waals surface area contributed by atoms with Crippen LogP contribution in [-0.4, -0.2) is 28.7 Å². The minimum absolute atomic E-state index is 0.744. The first-order valence-corrected chi connectivity index (χ1v) is 7.60. The van der Waals surface area contributed by atoms with E-state index in [1.807, 2.05) is 29.6 Å². The van der Waals surface area contributed by atoms with Crippen molar-refractivity contribution in [2.45, 2.75) is 12.7 Å². The standard InChI is InChI=1S/C9H15NOS3/c1-3-12-4-5-13-7-8-6-9(11-2)10-14-8/h6H,3-5,7H2,1-2H3. The lowest BCUT2D eigenvalue weighted by Gasteiger charge is -1.97. The molecule has 0 amide bonds. The lowest BCUT2D eigenvalue weighted by atomic mass is 10.5. The molecule has 0 saturated carbocycles. The van der Waals surface area contributed by atoms with Gasteiger partial charge in [-0.25, -0.2) is 0 Å². The van der Waals surface area contributed by atoms with Gasteiger partial charge in [-0.3, -0.25) is 0 Å². The number of nitrogens with zero attached hydrogens (tertiary/aromatic N) is 1. The minimum Gasteiger partial charge on any atom is -0.480 e. The Bertz CT molecular complexity index is 252. The Morgan fingerprint density at radius 1 is 1.43 bits per heavy atom. The van der Waals surface area contributed by atoms with E-state index in [4.69, 9.17) is 4.74 Å². The molecular weight excluding hydrogens is 234 g/mol. The highest BCUT2D eigenvalue weighted by atomic mass is 32.2. The fourth-order valence-electron chi connectivity index (χ4n) is 0.893. The predicted octanol–water partition coefficient (Wildman–Crippen LogP) is 3.14. The first-order chi connectivity index (χ1) is 6.86. The van der Waals surface area contributed by atoms with Crippen LogP contribution in [0.3, 0.4) is 0 Å². The van der Waals surface area contributed by atoms with E-state index in [0.717, 1.165) is 11.6 Å². The van der Waals surface area contributed by atoms with Crippen molar-refractivity contribution in [3.05, 3.63) is 10.9 Å². The molecule has 0 radical (unpaired) electrons. The Balaban J connectivity index is 2.12. The average molecular weight is 249 g/mol. The molecule has 0 aliphatic heterocycles. The molecule has 0 saturated heterocycles. The van der Waals surface area contributed by atoms with Crippen LogP contribution in [0.2, 0.25) is 0 Å². The number of methoxy groups -OCH3 is 1. The maximum atomic E-state index is 5.03. The van der Waals surface area contributed by atoms with E-state index in [1.54, 1.807) is 7.11 Å². The molecule has 0 aliphatic carbocycles. The molecule has 0 fully saturated rings. The molecule has 2 nitrogen and oxygen atoms in total. The van der Waals surface area contributed by atoms with Crippen LogP contribution < -0.4 is 4.74 Å². The van der Waals surface area contributed by atoms with Gasteiger partial charge in [0, 0.05) is 28.2 Å². The fraction of sp³-hybridized carbons (Fsp3) is 0.667. The van der Waals surface area contributed by atoms with Gasteiger partial charge in [-0.05, 0) is 17.3 Å². The Morgan fingerprint density at radius 2 is 2.21 bits per heavy atom. The number of hydrogen-bond acceptors (Lipinski definition) is 5. The predicted molar refractivity (Wildman–Crippen MR) is 67.8 cm³/mol. The van der Waals surface area contributed by atoms with E-state index in [0.29, 0.717) is 0 Å². The molecule has 0 spiro atoms. The normalized spacial score (nSPS) is 10.4. The molecule has 0 bridgehead atoms. The van der Waals surface area contributed by atoms with Crippen LogP contribution in [0.1, 0.15) is 11.8 Å². The minimum atomic E-state index is 0.744. The molecular formula is C9H15NOS3. The molecule has 0 aliphatic rings. The van der Waals surface area contributed by atoms with Crippen molar-refractivity contribution in [1.29, 1.82) is 0 Å². The maximum Gasteiger partial charge on any atom is 0.225 e. The van der Waals surface area contributed by atoms with Gasteiger partial charge in [0.05, 0.1) is 7.11 Å². The quantitative estimate of drug-likeness (QED) is 0.692. The molecule has 1 heterocycles. The molecule has 0 atom stereocenters. The van der Waals surface area contributed by atoms with Crippen LogP contribution in [0.4, 0.5) is 0 Å². The van der Waals surface area contributed by atoms with E-state index in [2.05, 4.69) is 11.3 Å². The van der Waals surface area contributed by atoms with Crippen LogP contribution in [0.25, 0.3) is 0 Å². The van der Waals surface area contributed by atoms with Crippen molar-refractivity contribution >= 4 is 35.1 Å². The van der Waals surface area contributed by atoms with E-state index in [1.165, 1.54) is 33.7 Å². The van der Waals surface area contributed by atoms with Crippen LogP contribution in [0.15, 0.2) is 6.07 Å². The van der Waals surface area contributed by atoms with Crippen LogP contribution >= 0.6 is 35.1 Å². The summed E-state index contributed by atoms with van der Waals surface area (Å²) in [6.07, 6.45) is 0. The van der Waals surface area contributed by atoms with Gasteiger partial charge in [0.2, 0.25) is 5.88 Å². The number of thioether (sulfide) groups is 2. The third-order valence-corrected chi connectivity index (χ3v) is 4.68. The third kappa shape index (κ3) is 4.57. The van der Waals surface area contributed by atoms with E-state index in [-0.39, 0.29) is 0 Å². The van der Waals surface area contributed by atoms with Crippen LogP contribution in [-0.2, 0) is 5.75 Å². The van der Waals surface area contributed by atoms with Crippen molar-refractivity contribution in [3.63, 3.8) is 0 Å². The lowest BCUT2D eigenvalue weighted by Crippen LogP contribution is -1.85. The van der Waals surface area contributed by atoms with Crippen LogP contribution in [0.5, 0.6) is 5.88 Å². The SMILES string of the molecule is CCSCCSCc1cc(OC)ns1. The number of aromatic nitrogens is 1. The molecule has 14 heavy (non-hydrogen) atoms. The first-order valence-electron chi connectivity index (χ1n) is 4.52. The Kier molecular flexibility index (Phi) is 6.47. The summed E-state index contributed by atoms with van der Waals surface area (Å²) < 4.78 is 9.18. The first kappa shape index (κ1) is 12.2. The maximum absolute atomic E-state index is 5.03. The summed E-state index contributed by atoms with van der Waals surface area (Å²) >= 11 is 5.49. The number of hydrogen-bond donors (Lipinski definition) is 0. The zero-order chi connectivity index (χ0) is 10.2. The summed E-state index contributed by atoms with van der Waals surface area (Å²) in [5.41, 5.74) is 0. The molecule has 5 heteroatoms. The van der Waals surface area contributed by atoms with Crippen molar-refractivity contribution < 1.29 is 4.74 Å². The molecule has 1 rings (SSSR count). The zero-order valence-corrected chi connectivity index (χ0v) is 10.9. The van der Waals surface area contributed by atoms with Gasteiger partial charge in [-0.2, -0.15) is 27.9 Å². The highest BCUT2D eigenvalue weighted by Crippen LogP contribution is 2.21. The molecule has 0 aromatic carbocycles. The summed E-state index contributed by atoms with van der Waals surface area (Å²) in [7, 11) is 1.66. The zero-order valence-electron chi connectivity index (χ0n) is 8.49. The van der Waals surface area contributed by atoms with E-state index < -0.39 is 0 Å². The Hall–Kier alpha value is 0.130. The third-order valence-electron chi connectivity index (χ3n) is 1.57. The van der Waals surface area contributed by atoms with E-state index >= 15 is 0 Å². The monoisotopic (exact) mass is 249 g/mol. The Morgan fingerprint density at radius 3 is 2.86 bits per heavy atom. The van der Waals surface area contributed by atoms with Crippen molar-refractivity contribution in [2.75, 3.05) is 24.4 Å². The fourth-order valence-corrected chi connectivity index (χ4v) is 3.50. The largest absolute Gasteiger partial charge is 0.480 e. The second-order valence-corrected chi connectivity index (χ2v) is 5.97. The van der Waals surface area contributed by atoms with Gasteiger partial charge >= 0.3 is 0 Å². The van der Waals surface area contributed by atoms with Gasteiger partial charge < -0.3 is 4.74 Å². The topological polar surface area (TPSA) is 22.1 Å². The van der Waals surface area contributed by atoms with Gasteiger partial charge in [0.1, 0.15) is 0 Å². The summed E-state index contributed by atoms with van der Waals surface area (Å²) in [6.45, 7) is 2.20. The van der Waals surface area contributed by atoms with Crippen molar-refractivity contribution in [1.82, 2.24) is 4.37 Å². The summed E-state index contributed by atoms with van der Waals surface area (Å²) in [4.78, 5) is 1.30. The second-order valence-electron chi connectivity index (χ2n) is 2.59. The highest BCUT2D eigenvalue weighted by Gasteiger charge is 2.00. The smallest absolute Gasteiger partial charge is 0.225 e. The molecule has 1 aromatic rings.